The number of pyridine rings is 1. The largest absolute Gasteiger partial charge is 0.380 e. The number of anilines is 1. The van der Waals surface area contributed by atoms with Gasteiger partial charge in [0.05, 0.1) is 6.10 Å². The Bertz CT molecular complexity index is 332. The normalized spacial score (nSPS) is 21.7. The summed E-state index contributed by atoms with van der Waals surface area (Å²) in [5, 5.41) is 0.548. The second-order valence-electron chi connectivity index (χ2n) is 3.78. The molecule has 15 heavy (non-hydrogen) atoms. The number of methoxy groups -OCH3 is 1. The number of halogens is 1. The van der Waals surface area contributed by atoms with Crippen LogP contribution in [0, 0.1) is 0 Å². The van der Waals surface area contributed by atoms with Crippen molar-refractivity contribution in [3.8, 4) is 0 Å². The van der Waals surface area contributed by atoms with Crippen molar-refractivity contribution in [2.75, 3.05) is 25.1 Å². The molecular formula is C11H15ClN2O. The van der Waals surface area contributed by atoms with Crippen LogP contribution in [0.3, 0.4) is 0 Å². The molecule has 0 bridgehead atoms. The van der Waals surface area contributed by atoms with Crippen LogP contribution in [0.2, 0.25) is 5.15 Å². The highest BCUT2D eigenvalue weighted by Crippen LogP contribution is 2.22. The van der Waals surface area contributed by atoms with E-state index in [9.17, 15) is 0 Å². The van der Waals surface area contributed by atoms with Gasteiger partial charge in [-0.25, -0.2) is 4.98 Å². The molecule has 0 spiro atoms. The van der Waals surface area contributed by atoms with Crippen LogP contribution in [0.15, 0.2) is 18.3 Å². The van der Waals surface area contributed by atoms with E-state index in [1.807, 2.05) is 12.1 Å². The van der Waals surface area contributed by atoms with Gasteiger partial charge in [-0.1, -0.05) is 11.6 Å². The van der Waals surface area contributed by atoms with Crippen LogP contribution in [-0.4, -0.2) is 31.3 Å². The van der Waals surface area contributed by atoms with Crippen LogP contribution in [0.5, 0.6) is 0 Å². The third-order valence-electron chi connectivity index (χ3n) is 2.79. The molecule has 0 aliphatic carbocycles. The molecule has 1 aliphatic heterocycles. The molecule has 0 aromatic carbocycles. The lowest BCUT2D eigenvalue weighted by Gasteiger charge is -2.33. The topological polar surface area (TPSA) is 25.4 Å². The molecule has 1 aliphatic rings. The fraction of sp³-hybridized carbons (Fsp3) is 0.545. The number of rotatable bonds is 2. The first-order chi connectivity index (χ1) is 7.29. The smallest absolute Gasteiger partial charge is 0.131 e. The minimum Gasteiger partial charge on any atom is -0.380 e. The van der Waals surface area contributed by atoms with E-state index in [4.69, 9.17) is 16.3 Å². The molecule has 0 radical (unpaired) electrons. The molecule has 4 heteroatoms. The van der Waals surface area contributed by atoms with Gasteiger partial charge in [-0.3, -0.25) is 0 Å². The number of ether oxygens (including phenoxy) is 1. The summed E-state index contributed by atoms with van der Waals surface area (Å²) >= 11 is 5.87. The average molecular weight is 227 g/mol. The van der Waals surface area contributed by atoms with Crippen molar-refractivity contribution in [1.29, 1.82) is 0 Å². The van der Waals surface area contributed by atoms with Crippen molar-refractivity contribution < 1.29 is 4.74 Å². The zero-order valence-corrected chi connectivity index (χ0v) is 9.57. The van der Waals surface area contributed by atoms with Gasteiger partial charge < -0.3 is 9.64 Å². The second kappa shape index (κ2) is 4.81. The Morgan fingerprint density at radius 3 is 3.20 bits per heavy atom. The lowest BCUT2D eigenvalue weighted by Crippen LogP contribution is -2.39. The Morgan fingerprint density at radius 1 is 1.60 bits per heavy atom. The Labute approximate surface area is 95.0 Å². The van der Waals surface area contributed by atoms with E-state index in [1.54, 1.807) is 13.3 Å². The van der Waals surface area contributed by atoms with Crippen LogP contribution in [0.4, 0.5) is 5.69 Å². The molecule has 82 valence electrons. The van der Waals surface area contributed by atoms with E-state index in [1.165, 1.54) is 6.42 Å². The minimum atomic E-state index is 0.339. The summed E-state index contributed by atoms with van der Waals surface area (Å²) < 4.78 is 5.38. The van der Waals surface area contributed by atoms with Gasteiger partial charge in [0, 0.05) is 32.1 Å². The average Bonchev–Trinajstić information content (AvgIpc) is 2.29. The molecule has 1 fully saturated rings. The molecule has 0 amide bonds. The predicted octanol–water partition coefficient (Wildman–Crippen LogP) is 2.35. The van der Waals surface area contributed by atoms with Crippen molar-refractivity contribution in [3.05, 3.63) is 23.5 Å². The third kappa shape index (κ3) is 2.61. The summed E-state index contributed by atoms with van der Waals surface area (Å²) in [6.45, 7) is 2.01. The molecule has 3 nitrogen and oxygen atoms in total. The number of hydrogen-bond acceptors (Lipinski definition) is 3. The maximum atomic E-state index is 5.87. The quantitative estimate of drug-likeness (QED) is 0.724. The SMILES string of the molecule is COC1CCCN(c2ccnc(Cl)c2)C1. The van der Waals surface area contributed by atoms with Crippen molar-refractivity contribution in [2.24, 2.45) is 0 Å². The molecule has 1 atom stereocenters. The third-order valence-corrected chi connectivity index (χ3v) is 2.99. The van der Waals surface area contributed by atoms with Gasteiger partial charge in [0.1, 0.15) is 5.15 Å². The Kier molecular flexibility index (Phi) is 3.44. The number of nitrogens with zero attached hydrogens (tertiary/aromatic N) is 2. The molecule has 2 heterocycles. The van der Waals surface area contributed by atoms with Gasteiger partial charge in [0.25, 0.3) is 0 Å². The first-order valence-corrected chi connectivity index (χ1v) is 5.56. The van der Waals surface area contributed by atoms with Crippen LogP contribution in [0.25, 0.3) is 0 Å². The van der Waals surface area contributed by atoms with E-state index in [-0.39, 0.29) is 0 Å². The molecule has 1 saturated heterocycles. The fourth-order valence-corrected chi connectivity index (χ4v) is 2.12. The number of piperidine rings is 1. The Balaban J connectivity index is 2.09. The molecule has 0 saturated carbocycles. The van der Waals surface area contributed by atoms with Gasteiger partial charge >= 0.3 is 0 Å². The van der Waals surface area contributed by atoms with Gasteiger partial charge in [-0.05, 0) is 25.0 Å². The van der Waals surface area contributed by atoms with E-state index in [0.717, 1.165) is 25.2 Å². The van der Waals surface area contributed by atoms with Gasteiger partial charge in [-0.15, -0.1) is 0 Å². The van der Waals surface area contributed by atoms with Crippen LogP contribution < -0.4 is 4.90 Å². The lowest BCUT2D eigenvalue weighted by molar-refractivity contribution is 0.0893. The minimum absolute atomic E-state index is 0.339. The first kappa shape index (κ1) is 10.7. The maximum Gasteiger partial charge on any atom is 0.131 e. The zero-order chi connectivity index (χ0) is 10.7. The Morgan fingerprint density at radius 2 is 2.47 bits per heavy atom. The number of aromatic nitrogens is 1. The van der Waals surface area contributed by atoms with Crippen molar-refractivity contribution in [1.82, 2.24) is 4.98 Å². The van der Waals surface area contributed by atoms with Crippen molar-refractivity contribution in [3.63, 3.8) is 0 Å². The van der Waals surface area contributed by atoms with E-state index in [0.29, 0.717) is 11.3 Å². The highest BCUT2D eigenvalue weighted by molar-refractivity contribution is 6.29. The zero-order valence-electron chi connectivity index (χ0n) is 8.82. The maximum absolute atomic E-state index is 5.87. The van der Waals surface area contributed by atoms with Crippen LogP contribution in [-0.2, 0) is 4.74 Å². The standard InChI is InChI=1S/C11H15ClN2O/c1-15-10-3-2-6-14(8-10)9-4-5-13-11(12)7-9/h4-5,7,10H,2-3,6,8H2,1H3. The van der Waals surface area contributed by atoms with E-state index >= 15 is 0 Å². The fourth-order valence-electron chi connectivity index (χ4n) is 1.95. The van der Waals surface area contributed by atoms with Crippen molar-refractivity contribution >= 4 is 17.3 Å². The highest BCUT2D eigenvalue weighted by atomic mass is 35.5. The molecular weight excluding hydrogens is 212 g/mol. The molecule has 2 rings (SSSR count). The summed E-state index contributed by atoms with van der Waals surface area (Å²) in [7, 11) is 1.77. The monoisotopic (exact) mass is 226 g/mol. The van der Waals surface area contributed by atoms with E-state index in [2.05, 4.69) is 9.88 Å². The Hall–Kier alpha value is -0.800. The summed E-state index contributed by atoms with van der Waals surface area (Å²) in [6, 6.07) is 3.89. The molecule has 1 aromatic rings. The summed E-state index contributed by atoms with van der Waals surface area (Å²) in [6.07, 6.45) is 4.39. The van der Waals surface area contributed by atoms with Gasteiger partial charge in [0.15, 0.2) is 0 Å². The lowest BCUT2D eigenvalue weighted by atomic mass is 10.1. The second-order valence-corrected chi connectivity index (χ2v) is 4.17. The molecule has 1 unspecified atom stereocenters. The summed E-state index contributed by atoms with van der Waals surface area (Å²) in [5.74, 6) is 0. The molecule has 0 N–H and O–H groups in total. The molecule has 1 aromatic heterocycles. The van der Waals surface area contributed by atoms with E-state index < -0.39 is 0 Å². The van der Waals surface area contributed by atoms with Gasteiger partial charge in [0.2, 0.25) is 0 Å². The first-order valence-electron chi connectivity index (χ1n) is 5.19. The van der Waals surface area contributed by atoms with Crippen LogP contribution >= 0.6 is 11.6 Å². The van der Waals surface area contributed by atoms with Crippen molar-refractivity contribution in [2.45, 2.75) is 18.9 Å². The van der Waals surface area contributed by atoms with Crippen LogP contribution in [0.1, 0.15) is 12.8 Å². The summed E-state index contributed by atoms with van der Waals surface area (Å²) in [4.78, 5) is 6.28. The summed E-state index contributed by atoms with van der Waals surface area (Å²) in [5.41, 5.74) is 1.14. The highest BCUT2D eigenvalue weighted by Gasteiger charge is 2.19. The predicted molar refractivity (Wildman–Crippen MR) is 61.5 cm³/mol. The van der Waals surface area contributed by atoms with Gasteiger partial charge in [-0.2, -0.15) is 0 Å². The number of hydrogen-bond donors (Lipinski definition) is 0.